The van der Waals surface area contributed by atoms with Gasteiger partial charge >= 0.3 is 11.9 Å². The Morgan fingerprint density at radius 3 is 2.00 bits per heavy atom. The van der Waals surface area contributed by atoms with Gasteiger partial charge in [-0.25, -0.2) is 9.59 Å². The smallest absolute Gasteiger partial charge is 0.347 e. The molecular weight excluding hydrogens is 356 g/mol. The van der Waals surface area contributed by atoms with Crippen molar-refractivity contribution in [2.24, 2.45) is 0 Å². The Morgan fingerprint density at radius 1 is 0.893 bits per heavy atom. The van der Waals surface area contributed by atoms with Crippen LogP contribution in [-0.4, -0.2) is 22.2 Å². The third kappa shape index (κ3) is 4.53. The molecule has 0 aliphatic rings. The quantitative estimate of drug-likeness (QED) is 0.560. The Hall–Kier alpha value is -2.82. The van der Waals surface area contributed by atoms with Crippen molar-refractivity contribution >= 4 is 11.9 Å². The second kappa shape index (κ2) is 7.30. The van der Waals surface area contributed by atoms with Gasteiger partial charge in [0, 0.05) is 5.56 Å². The molecule has 0 saturated heterocycles. The summed E-state index contributed by atoms with van der Waals surface area (Å²) in [4.78, 5) is 24.4. The predicted molar refractivity (Wildman–Crippen MR) is 109 cm³/mol. The maximum Gasteiger partial charge on any atom is 0.347 e. The zero-order chi connectivity index (χ0) is 21.4. The van der Waals surface area contributed by atoms with E-state index in [1.165, 1.54) is 12.1 Å². The van der Waals surface area contributed by atoms with Crippen molar-refractivity contribution < 1.29 is 24.5 Å². The number of carbonyl (C=O) groups is 2. The molecule has 0 aliphatic heterocycles. The van der Waals surface area contributed by atoms with Crippen LogP contribution in [0.3, 0.4) is 0 Å². The number of hydrogen-bond acceptors (Lipinski definition) is 4. The van der Waals surface area contributed by atoms with Gasteiger partial charge in [0.1, 0.15) is 22.6 Å². The van der Waals surface area contributed by atoms with Crippen molar-refractivity contribution in [3.05, 3.63) is 58.1 Å². The van der Waals surface area contributed by atoms with E-state index < -0.39 is 17.4 Å². The first-order chi connectivity index (χ1) is 12.7. The minimum atomic E-state index is -1.19. The van der Waals surface area contributed by atoms with Crippen LogP contribution in [0.15, 0.2) is 30.3 Å². The molecule has 2 aromatic rings. The normalized spacial score (nSPS) is 12.0. The summed E-state index contributed by atoms with van der Waals surface area (Å²) in [6.07, 6.45) is 0. The van der Waals surface area contributed by atoms with Crippen LogP contribution in [-0.2, 0) is 10.8 Å². The Labute approximate surface area is 166 Å². The van der Waals surface area contributed by atoms with E-state index in [0.29, 0.717) is 5.56 Å². The Kier molecular flexibility index (Phi) is 5.60. The van der Waals surface area contributed by atoms with E-state index in [2.05, 4.69) is 0 Å². The van der Waals surface area contributed by atoms with E-state index in [4.69, 9.17) is 4.74 Å². The second-order valence-electron chi connectivity index (χ2n) is 9.11. The van der Waals surface area contributed by atoms with Crippen LogP contribution >= 0.6 is 0 Å². The maximum atomic E-state index is 12.9. The zero-order valence-corrected chi connectivity index (χ0v) is 17.5. The largest absolute Gasteiger partial charge is 0.507 e. The summed E-state index contributed by atoms with van der Waals surface area (Å²) in [6.45, 7) is 13.7. The molecule has 0 atom stereocenters. The molecule has 0 aliphatic carbocycles. The Morgan fingerprint density at radius 2 is 1.50 bits per heavy atom. The summed E-state index contributed by atoms with van der Waals surface area (Å²) in [7, 11) is 0. The molecule has 0 fully saturated rings. The average molecular weight is 384 g/mol. The van der Waals surface area contributed by atoms with Crippen molar-refractivity contribution in [1.82, 2.24) is 0 Å². The lowest BCUT2D eigenvalue weighted by atomic mass is 9.79. The van der Waals surface area contributed by atoms with E-state index in [9.17, 15) is 19.8 Å². The zero-order valence-electron chi connectivity index (χ0n) is 17.5. The first kappa shape index (κ1) is 21.5. The fourth-order valence-corrected chi connectivity index (χ4v) is 2.84. The number of carboxylic acids is 1. The summed E-state index contributed by atoms with van der Waals surface area (Å²) >= 11 is 0. The molecule has 0 aromatic heterocycles. The molecule has 5 nitrogen and oxygen atoms in total. The van der Waals surface area contributed by atoms with Gasteiger partial charge in [-0.1, -0.05) is 53.7 Å². The number of rotatable bonds is 3. The molecule has 2 rings (SSSR count). The molecule has 0 radical (unpaired) electrons. The number of esters is 1. The number of phenols is 1. The van der Waals surface area contributed by atoms with Crippen LogP contribution in [0.25, 0.3) is 0 Å². The summed E-state index contributed by atoms with van der Waals surface area (Å²) < 4.78 is 5.41. The number of carboxylic acid groups (broad SMARTS) is 1. The van der Waals surface area contributed by atoms with Crippen LogP contribution in [0.2, 0.25) is 0 Å². The van der Waals surface area contributed by atoms with Crippen molar-refractivity contribution in [3.8, 4) is 11.5 Å². The lowest BCUT2D eigenvalue weighted by molar-refractivity contribution is 0.0681. The monoisotopic (exact) mass is 384 g/mol. The predicted octanol–water partition coefficient (Wildman–Crippen LogP) is 5.21. The molecule has 2 aromatic carbocycles. The molecule has 0 bridgehead atoms. The average Bonchev–Trinajstić information content (AvgIpc) is 2.52. The number of ether oxygens (including phenoxy) is 1. The summed E-state index contributed by atoms with van der Waals surface area (Å²) in [5.41, 5.74) is 1.54. The minimum absolute atomic E-state index is 0.0233. The summed E-state index contributed by atoms with van der Waals surface area (Å²) in [5, 5.41) is 20.1. The van der Waals surface area contributed by atoms with Gasteiger partial charge in [0.2, 0.25) is 0 Å². The standard InChI is InChI=1S/C23H28O5/c1-13-8-9-15(20(25)26)18(10-13)28-21(27)16-11-14(22(2,3)4)12-17(19(16)24)23(5,6)7/h8-12,24H,1-7H3,(H,25,26). The summed E-state index contributed by atoms with van der Waals surface area (Å²) in [6, 6.07) is 8.05. The third-order valence-corrected chi connectivity index (χ3v) is 4.57. The van der Waals surface area contributed by atoms with Crippen LogP contribution in [0, 0.1) is 6.92 Å². The van der Waals surface area contributed by atoms with Gasteiger partial charge in [-0.15, -0.1) is 0 Å². The van der Waals surface area contributed by atoms with Crippen LogP contribution in [0.1, 0.15) is 78.9 Å². The van der Waals surface area contributed by atoms with Crippen molar-refractivity contribution in [3.63, 3.8) is 0 Å². The molecule has 0 spiro atoms. The van der Waals surface area contributed by atoms with Gasteiger partial charge in [0.15, 0.2) is 0 Å². The summed E-state index contributed by atoms with van der Waals surface area (Å²) in [5.74, 6) is -2.17. The highest BCUT2D eigenvalue weighted by molar-refractivity contribution is 5.97. The number of hydrogen-bond donors (Lipinski definition) is 2. The van der Waals surface area contributed by atoms with Gasteiger partial charge in [0.05, 0.1) is 0 Å². The second-order valence-corrected chi connectivity index (χ2v) is 9.11. The van der Waals surface area contributed by atoms with Crippen molar-refractivity contribution in [2.75, 3.05) is 0 Å². The SMILES string of the molecule is Cc1ccc(C(=O)O)c(OC(=O)c2cc(C(C)(C)C)cc(C(C)(C)C)c2O)c1. The van der Waals surface area contributed by atoms with E-state index in [0.717, 1.165) is 11.1 Å². The number of phenolic OH excluding ortho intramolecular Hbond substituents is 1. The number of aromatic hydroxyl groups is 1. The van der Waals surface area contributed by atoms with Gasteiger partial charge in [0.25, 0.3) is 0 Å². The molecule has 0 saturated carbocycles. The molecule has 0 unspecified atom stereocenters. The maximum absolute atomic E-state index is 12.9. The molecule has 5 heteroatoms. The van der Waals surface area contributed by atoms with Gasteiger partial charge in [-0.05, 0) is 47.1 Å². The van der Waals surface area contributed by atoms with Gasteiger partial charge in [-0.2, -0.15) is 0 Å². The Bertz CT molecular complexity index is 927. The molecule has 150 valence electrons. The van der Waals surface area contributed by atoms with Gasteiger partial charge < -0.3 is 14.9 Å². The highest BCUT2D eigenvalue weighted by Gasteiger charge is 2.28. The van der Waals surface area contributed by atoms with E-state index in [1.807, 2.05) is 47.6 Å². The third-order valence-electron chi connectivity index (χ3n) is 4.57. The fourth-order valence-electron chi connectivity index (χ4n) is 2.84. The fraction of sp³-hybridized carbons (Fsp3) is 0.391. The molecule has 2 N–H and O–H groups in total. The van der Waals surface area contributed by atoms with E-state index in [-0.39, 0.29) is 28.0 Å². The van der Waals surface area contributed by atoms with Crippen LogP contribution in [0.5, 0.6) is 11.5 Å². The molecule has 0 amide bonds. The highest BCUT2D eigenvalue weighted by Crippen LogP contribution is 2.38. The Balaban J connectivity index is 2.60. The number of carbonyl (C=O) groups excluding carboxylic acids is 1. The topological polar surface area (TPSA) is 83.8 Å². The van der Waals surface area contributed by atoms with Gasteiger partial charge in [-0.3, -0.25) is 0 Å². The number of aryl methyl sites for hydroxylation is 1. The van der Waals surface area contributed by atoms with Crippen molar-refractivity contribution in [1.29, 1.82) is 0 Å². The molecular formula is C23H28O5. The molecule has 28 heavy (non-hydrogen) atoms. The van der Waals surface area contributed by atoms with Crippen LogP contribution < -0.4 is 4.74 Å². The number of aromatic carboxylic acids is 1. The highest BCUT2D eigenvalue weighted by atomic mass is 16.5. The number of benzene rings is 2. The molecule has 0 heterocycles. The first-order valence-electron chi connectivity index (χ1n) is 9.16. The lowest BCUT2D eigenvalue weighted by Gasteiger charge is -2.27. The van der Waals surface area contributed by atoms with Crippen molar-refractivity contribution in [2.45, 2.75) is 59.3 Å². The lowest BCUT2D eigenvalue weighted by Crippen LogP contribution is -2.20. The van der Waals surface area contributed by atoms with E-state index >= 15 is 0 Å². The first-order valence-corrected chi connectivity index (χ1v) is 9.16. The van der Waals surface area contributed by atoms with Crippen LogP contribution in [0.4, 0.5) is 0 Å². The minimum Gasteiger partial charge on any atom is -0.507 e. The van der Waals surface area contributed by atoms with E-state index in [1.54, 1.807) is 19.1 Å².